The molecule has 1 saturated heterocycles. The van der Waals surface area contributed by atoms with Crippen molar-refractivity contribution >= 4 is 29.4 Å². The number of aromatic nitrogens is 3. The minimum absolute atomic E-state index is 0.265. The van der Waals surface area contributed by atoms with Crippen LogP contribution in [0.15, 0.2) is 24.3 Å². The Balaban J connectivity index is 1.53. The van der Waals surface area contributed by atoms with E-state index in [1.54, 1.807) is 17.0 Å². The van der Waals surface area contributed by atoms with Gasteiger partial charge >= 0.3 is 0 Å². The molecule has 9 heteroatoms. The van der Waals surface area contributed by atoms with Crippen LogP contribution in [0.4, 0.5) is 11.9 Å². The zero-order chi connectivity index (χ0) is 17.1. The van der Waals surface area contributed by atoms with Crippen molar-refractivity contribution in [1.29, 1.82) is 0 Å². The molecule has 0 spiro atoms. The van der Waals surface area contributed by atoms with Crippen molar-refractivity contribution in [3.8, 4) is 0 Å². The molecule has 1 aromatic heterocycles. The summed E-state index contributed by atoms with van der Waals surface area (Å²) >= 11 is 5.84. The van der Waals surface area contributed by atoms with E-state index in [9.17, 15) is 9.90 Å². The minimum atomic E-state index is -1.06. The van der Waals surface area contributed by atoms with E-state index in [1.165, 1.54) is 0 Å². The van der Waals surface area contributed by atoms with Gasteiger partial charge in [-0.3, -0.25) is 4.79 Å². The number of carbonyl (C=O) groups is 1. The molecule has 1 aliphatic rings. The highest BCUT2D eigenvalue weighted by atomic mass is 35.5. The highest BCUT2D eigenvalue weighted by Gasteiger charge is 2.27. The molecule has 8 nitrogen and oxygen atoms in total. The number of halogens is 1. The summed E-state index contributed by atoms with van der Waals surface area (Å²) in [6.45, 7) is 2.20. The lowest BCUT2D eigenvalue weighted by Gasteiger charge is -2.35. The van der Waals surface area contributed by atoms with Gasteiger partial charge in [-0.25, -0.2) is 5.10 Å². The molecule has 24 heavy (non-hydrogen) atoms. The van der Waals surface area contributed by atoms with E-state index in [4.69, 9.17) is 17.3 Å². The van der Waals surface area contributed by atoms with E-state index in [0.717, 1.165) is 5.56 Å². The zero-order valence-electron chi connectivity index (χ0n) is 13.0. The van der Waals surface area contributed by atoms with Crippen LogP contribution < -0.4 is 10.6 Å². The molecule has 0 aliphatic carbocycles. The summed E-state index contributed by atoms with van der Waals surface area (Å²) < 4.78 is 0. The fraction of sp³-hybridized carbons (Fsp3) is 0.400. The third-order valence-electron chi connectivity index (χ3n) is 3.99. The number of rotatable bonds is 4. The molecular weight excluding hydrogens is 332 g/mol. The predicted molar refractivity (Wildman–Crippen MR) is 90.8 cm³/mol. The molecule has 1 unspecified atom stereocenters. The molecule has 0 bridgehead atoms. The van der Waals surface area contributed by atoms with Gasteiger partial charge in [0.2, 0.25) is 11.9 Å². The van der Waals surface area contributed by atoms with Crippen LogP contribution in [0.2, 0.25) is 5.02 Å². The van der Waals surface area contributed by atoms with Gasteiger partial charge in [-0.05, 0) is 17.7 Å². The van der Waals surface area contributed by atoms with E-state index in [1.807, 2.05) is 17.0 Å². The van der Waals surface area contributed by atoms with Crippen LogP contribution >= 0.6 is 11.6 Å². The number of anilines is 2. The molecule has 1 aliphatic heterocycles. The van der Waals surface area contributed by atoms with Crippen molar-refractivity contribution < 1.29 is 9.90 Å². The number of nitrogens with zero attached hydrogens (tertiary/aromatic N) is 4. The highest BCUT2D eigenvalue weighted by Crippen LogP contribution is 2.14. The number of hydrogen-bond donors (Lipinski definition) is 3. The van der Waals surface area contributed by atoms with Crippen molar-refractivity contribution in [1.82, 2.24) is 20.1 Å². The normalized spacial score (nSPS) is 16.2. The first-order valence-electron chi connectivity index (χ1n) is 7.67. The Morgan fingerprint density at radius 1 is 1.29 bits per heavy atom. The number of amides is 1. The number of nitrogen functional groups attached to an aromatic ring is 1. The molecule has 1 fully saturated rings. The average molecular weight is 351 g/mol. The van der Waals surface area contributed by atoms with Gasteiger partial charge in [0.25, 0.3) is 5.91 Å². The van der Waals surface area contributed by atoms with E-state index in [-0.39, 0.29) is 18.3 Å². The fourth-order valence-electron chi connectivity index (χ4n) is 2.68. The number of aliphatic hydroxyl groups is 1. The number of H-pyrrole nitrogens is 1. The van der Waals surface area contributed by atoms with Gasteiger partial charge in [-0.2, -0.15) is 4.98 Å². The SMILES string of the molecule is Nc1nc(N2CCN(C(=O)C(O)Cc3ccc(Cl)cc3)CC2)n[nH]1. The van der Waals surface area contributed by atoms with Crippen LogP contribution in [0.3, 0.4) is 0 Å². The summed E-state index contributed by atoms with van der Waals surface area (Å²) in [5.41, 5.74) is 6.39. The smallest absolute Gasteiger partial charge is 0.251 e. The maximum atomic E-state index is 12.4. The Kier molecular flexibility index (Phi) is 4.86. The van der Waals surface area contributed by atoms with Gasteiger partial charge in [0, 0.05) is 37.6 Å². The molecule has 2 aromatic rings. The van der Waals surface area contributed by atoms with Crippen molar-refractivity contribution in [2.75, 3.05) is 36.8 Å². The number of aliphatic hydroxyl groups excluding tert-OH is 1. The summed E-state index contributed by atoms with van der Waals surface area (Å²) in [6, 6.07) is 7.11. The summed E-state index contributed by atoms with van der Waals surface area (Å²) in [4.78, 5) is 20.1. The Hall–Kier alpha value is -2.32. The second-order valence-electron chi connectivity index (χ2n) is 5.68. The first-order chi connectivity index (χ1) is 11.5. The van der Waals surface area contributed by atoms with E-state index in [0.29, 0.717) is 37.1 Å². The average Bonchev–Trinajstić information content (AvgIpc) is 3.03. The molecular formula is C15H19ClN6O2. The first-order valence-corrected chi connectivity index (χ1v) is 8.05. The zero-order valence-corrected chi connectivity index (χ0v) is 13.8. The summed E-state index contributed by atoms with van der Waals surface area (Å²) in [5.74, 6) is 0.530. The molecule has 3 rings (SSSR count). The quantitative estimate of drug-likeness (QED) is 0.731. The van der Waals surface area contributed by atoms with Gasteiger partial charge in [0.15, 0.2) is 0 Å². The third-order valence-corrected chi connectivity index (χ3v) is 4.24. The number of benzene rings is 1. The molecule has 0 saturated carbocycles. The van der Waals surface area contributed by atoms with Gasteiger partial charge in [-0.1, -0.05) is 23.7 Å². The number of nitrogens with one attached hydrogen (secondary N) is 1. The van der Waals surface area contributed by atoms with Crippen LogP contribution in [0.5, 0.6) is 0 Å². The maximum absolute atomic E-state index is 12.4. The lowest BCUT2D eigenvalue weighted by molar-refractivity contribution is -0.140. The topological polar surface area (TPSA) is 111 Å². The van der Waals surface area contributed by atoms with E-state index in [2.05, 4.69) is 15.2 Å². The molecule has 4 N–H and O–H groups in total. The van der Waals surface area contributed by atoms with Crippen molar-refractivity contribution in [3.05, 3.63) is 34.9 Å². The van der Waals surface area contributed by atoms with Crippen molar-refractivity contribution in [3.63, 3.8) is 0 Å². The monoisotopic (exact) mass is 350 g/mol. The minimum Gasteiger partial charge on any atom is -0.383 e. The number of aromatic amines is 1. The van der Waals surface area contributed by atoms with Gasteiger partial charge in [0.05, 0.1) is 0 Å². The van der Waals surface area contributed by atoms with Crippen LogP contribution in [0.1, 0.15) is 5.56 Å². The Morgan fingerprint density at radius 2 is 1.96 bits per heavy atom. The van der Waals surface area contributed by atoms with Gasteiger partial charge in [0.1, 0.15) is 6.10 Å². The second kappa shape index (κ2) is 7.06. The standard InChI is InChI=1S/C15H19ClN6O2/c16-11-3-1-10(2-4-11)9-12(23)13(24)21-5-7-22(8-6-21)15-18-14(17)19-20-15/h1-4,12,23H,5-9H2,(H3,17,18,19,20). The highest BCUT2D eigenvalue weighted by molar-refractivity contribution is 6.30. The largest absolute Gasteiger partial charge is 0.383 e. The Labute approximate surface area is 144 Å². The van der Waals surface area contributed by atoms with E-state index < -0.39 is 6.10 Å². The lowest BCUT2D eigenvalue weighted by atomic mass is 10.1. The number of hydrogen-bond acceptors (Lipinski definition) is 6. The fourth-order valence-corrected chi connectivity index (χ4v) is 2.80. The van der Waals surface area contributed by atoms with E-state index >= 15 is 0 Å². The van der Waals surface area contributed by atoms with Crippen LogP contribution in [-0.2, 0) is 11.2 Å². The second-order valence-corrected chi connectivity index (χ2v) is 6.12. The summed E-state index contributed by atoms with van der Waals surface area (Å²) in [6.07, 6.45) is -0.787. The molecule has 1 atom stereocenters. The molecule has 128 valence electrons. The number of nitrogens with two attached hydrogens (primary N) is 1. The summed E-state index contributed by atoms with van der Waals surface area (Å²) in [7, 11) is 0. The van der Waals surface area contributed by atoms with Crippen LogP contribution in [0.25, 0.3) is 0 Å². The number of piperazine rings is 1. The molecule has 1 amide bonds. The molecule has 0 radical (unpaired) electrons. The Morgan fingerprint density at radius 3 is 2.54 bits per heavy atom. The predicted octanol–water partition coefficient (Wildman–Crippen LogP) is 0.293. The number of carbonyl (C=O) groups excluding carboxylic acids is 1. The molecule has 2 heterocycles. The summed E-state index contributed by atoms with van der Waals surface area (Å²) in [5, 5.41) is 17.4. The van der Waals surface area contributed by atoms with Gasteiger partial charge in [-0.15, -0.1) is 5.10 Å². The van der Waals surface area contributed by atoms with Crippen molar-refractivity contribution in [2.24, 2.45) is 0 Å². The van der Waals surface area contributed by atoms with Gasteiger partial charge < -0.3 is 20.6 Å². The van der Waals surface area contributed by atoms with Crippen molar-refractivity contribution in [2.45, 2.75) is 12.5 Å². The van der Waals surface area contributed by atoms with Crippen LogP contribution in [-0.4, -0.2) is 63.4 Å². The lowest BCUT2D eigenvalue weighted by Crippen LogP contribution is -2.52. The molecule has 1 aromatic carbocycles. The third kappa shape index (κ3) is 3.77. The first kappa shape index (κ1) is 16.5. The maximum Gasteiger partial charge on any atom is 0.251 e. The Bertz CT molecular complexity index is 696. The van der Waals surface area contributed by atoms with Crippen LogP contribution in [0, 0.1) is 0 Å².